The van der Waals surface area contributed by atoms with Crippen molar-refractivity contribution in [2.75, 3.05) is 191 Å². The highest BCUT2D eigenvalue weighted by molar-refractivity contribution is 8.24. The Bertz CT molecular complexity index is 4740. The van der Waals surface area contributed by atoms with Gasteiger partial charge >= 0.3 is 10.9 Å². The summed E-state index contributed by atoms with van der Waals surface area (Å²) in [4.78, 5) is 25.7. The number of alkyl halides is 1. The smallest absolute Gasteiger partial charge is 0.339 e. The van der Waals surface area contributed by atoms with Crippen LogP contribution in [0.25, 0.3) is 0 Å². The summed E-state index contributed by atoms with van der Waals surface area (Å²) in [5, 5.41) is 21.6. The minimum Gasteiger partial charge on any atom is -0.497 e. The number of nitrogens with one attached hydrogen (secondary N) is 2. The number of rotatable bonds is 21. The molecule has 125 heavy (non-hydrogen) atoms. The van der Waals surface area contributed by atoms with E-state index < -0.39 is 29.9 Å². The van der Waals surface area contributed by atoms with Gasteiger partial charge in [0.25, 0.3) is 10.1 Å². The molecule has 3 heterocycles. The van der Waals surface area contributed by atoms with Gasteiger partial charge in [0.05, 0.1) is 151 Å². The Morgan fingerprint density at radius 1 is 0.552 bits per heavy atom. The molecule has 0 radical (unpaired) electrons. The van der Waals surface area contributed by atoms with Gasteiger partial charge in [-0.05, 0) is 188 Å². The van der Waals surface area contributed by atoms with E-state index >= 15 is 0 Å². The summed E-state index contributed by atoms with van der Waals surface area (Å²) in [6.07, 6.45) is 10.7. The molecule has 0 fully saturated rings. The van der Waals surface area contributed by atoms with E-state index in [1.807, 2.05) is 93.7 Å². The van der Waals surface area contributed by atoms with Gasteiger partial charge < -0.3 is 97.0 Å². The zero-order chi connectivity index (χ0) is 96.2. The topological polar surface area (TPSA) is 384 Å². The number of fused-ring (bicyclic) bond motifs is 3. The summed E-state index contributed by atoms with van der Waals surface area (Å²) >= 11 is 19.2. The van der Waals surface area contributed by atoms with Crippen molar-refractivity contribution in [2.45, 2.75) is 105 Å². The molecule has 7 N–H and O–H groups in total. The number of aldehydes is 1. The third-order valence-corrected chi connectivity index (χ3v) is 18.7. The molecule has 0 aliphatic carbocycles. The number of hydrogen-bond donors (Lipinski definition) is 6. The molecular weight excluding hydrogens is 1770 g/mol. The fourth-order valence-corrected chi connectivity index (χ4v) is 12.1. The van der Waals surface area contributed by atoms with E-state index in [1.165, 1.54) is 54.3 Å². The van der Waals surface area contributed by atoms with Crippen molar-refractivity contribution in [2.24, 2.45) is 0 Å². The van der Waals surface area contributed by atoms with Crippen LogP contribution in [-0.2, 0) is 44.9 Å². The summed E-state index contributed by atoms with van der Waals surface area (Å²) < 4.78 is 130. The van der Waals surface area contributed by atoms with Crippen LogP contribution in [0.5, 0.6) is 80.5 Å². The molecule has 704 valence electrons. The number of allylic oxidation sites excluding steroid dienone is 3. The van der Waals surface area contributed by atoms with Crippen LogP contribution in [-0.4, -0.2) is 203 Å². The molecule has 0 saturated carbocycles. The Hall–Kier alpha value is -9.38. The van der Waals surface area contributed by atoms with E-state index in [-0.39, 0.29) is 27.7 Å². The molecular formula is C87H131Cl4N6O25PS2. The number of nitro groups is 1. The minimum atomic E-state index is -4.06. The first kappa shape index (κ1) is 116. The zero-order valence-corrected chi connectivity index (χ0v) is 82.9. The zero-order valence-electron chi connectivity index (χ0n) is 77.3. The van der Waals surface area contributed by atoms with Gasteiger partial charge in [0, 0.05) is 87.5 Å². The number of anilines is 5. The molecule has 0 unspecified atom stereocenters. The normalized spacial score (nSPS) is 13.2. The molecule has 3 aliphatic heterocycles. The van der Waals surface area contributed by atoms with E-state index in [0.717, 1.165) is 144 Å². The number of nitro benzene ring substituents is 1. The molecule has 31 nitrogen and oxygen atoms in total. The predicted octanol–water partition coefficient (Wildman–Crippen LogP) is 20.4. The van der Waals surface area contributed by atoms with Crippen molar-refractivity contribution < 1.29 is 112 Å². The van der Waals surface area contributed by atoms with Crippen molar-refractivity contribution in [1.82, 2.24) is 0 Å². The van der Waals surface area contributed by atoms with Crippen LogP contribution in [0.4, 0.5) is 34.1 Å². The lowest BCUT2D eigenvalue weighted by Gasteiger charge is -2.40. The Labute approximate surface area is 758 Å². The number of ether oxygens (including phenoxy) is 14. The molecule has 0 bridgehead atoms. The lowest BCUT2D eigenvalue weighted by atomic mass is 9.76. The average Bonchev–Trinajstić information content (AvgIpc) is 0.750. The van der Waals surface area contributed by atoms with Crippen molar-refractivity contribution in [3.8, 4) is 80.5 Å². The number of nitrogens with two attached hydrogens (primary N) is 1. The lowest BCUT2D eigenvalue weighted by molar-refractivity contribution is -0.385. The van der Waals surface area contributed by atoms with E-state index in [4.69, 9.17) is 98.0 Å². The van der Waals surface area contributed by atoms with Gasteiger partial charge in [-0.15, -0.1) is 15.9 Å². The molecule has 0 spiro atoms. The van der Waals surface area contributed by atoms with Crippen LogP contribution in [0.2, 0.25) is 0 Å². The molecule has 3 aliphatic rings. The Balaban J connectivity index is 0.00000139. The van der Waals surface area contributed by atoms with E-state index in [2.05, 4.69) is 127 Å². The number of carbonyl (C=O) groups excluding carboxylic acids is 1. The number of nitrogens with zero attached hydrogens (tertiary/aromatic N) is 3. The number of hydrogen-bond acceptors (Lipinski definition) is 28. The van der Waals surface area contributed by atoms with Gasteiger partial charge in [0.1, 0.15) is 84.4 Å². The van der Waals surface area contributed by atoms with E-state index in [1.54, 1.807) is 116 Å². The number of halogens is 4. The summed E-state index contributed by atoms with van der Waals surface area (Å²) in [5.41, 5.74) is 17.2. The van der Waals surface area contributed by atoms with Crippen molar-refractivity contribution in [3.05, 3.63) is 165 Å². The monoisotopic (exact) mass is 1890 g/mol. The Morgan fingerprint density at radius 3 is 1.27 bits per heavy atom. The second kappa shape index (κ2) is 55.3. The van der Waals surface area contributed by atoms with Crippen molar-refractivity contribution in [1.29, 1.82) is 0 Å². The first-order valence-electron chi connectivity index (χ1n) is 38.2. The highest BCUT2D eigenvalue weighted by Gasteiger charge is 2.38. The molecule has 0 amide bonds. The molecule has 7 aromatic rings. The number of nitrogen functional groups attached to an aromatic ring is 1. The second-order valence-corrected chi connectivity index (χ2v) is 41.8. The largest absolute Gasteiger partial charge is 0.497 e. The maximum Gasteiger partial charge on any atom is 0.339 e. The standard InChI is InChI=1S/C15H21NO3.C14H21NO2.2C13H19NO2.C8H9NO4.C8H11NO2.C8H10O2.C5H9Cl.C2H8O4S.CH4O3S.Cl3OP/c1-15(2)6-7-16(3)13-11(18-4)8-10(9-17)14(19-5)12(13)15;1-14(2)8-9-15(3)13-11(17-5)7-6-10(16-4)12(13)14;1-13(2)7-8-14-12-10(16-4)6-5-9(15-3)11(12)13;1-10(2)7-8-14-12-9-11(15-3)5-6-13(12)16-4;1-12-6-3-4-8(13-2)7(5-6)9(10)11;1-10-6-3-4-8(11-2)7(9)5-6;1-9-7-3-5-8(10-2)6-4-7;1-5(2)3-4-6;1-7(2,4,5)6-3;2*1-5(2,3)4/h8-9H,6-7H2,1-5H3;6-7H,8-9H2,1-5H3;5-6,14H,7-8H2,1-4H3;5-7,9,14H,8H2,1-4H3;3-5H,1-2H3;3-5H,9H2,1-2H3;3-6H,1-2H3;3H,4H2,1-2H3;3H,1-2H3,(H,4,5);1H3,(H,2,3,4);. The van der Waals surface area contributed by atoms with Crippen LogP contribution in [0.1, 0.15) is 116 Å². The van der Waals surface area contributed by atoms with Gasteiger partial charge in [-0.1, -0.05) is 64.8 Å². The molecule has 7 aromatic carbocycles. The van der Waals surface area contributed by atoms with Crippen LogP contribution < -0.4 is 92.5 Å². The summed E-state index contributed by atoms with van der Waals surface area (Å²) in [6.45, 7) is 25.3. The maximum atomic E-state index is 11.3. The molecule has 38 heteroatoms. The SMILES string of the molecule is CC(C)=CCCl.COc1cc(C=O)c(OC)c2c1N(C)CCC2(C)C.COc1ccc(OC)c(N)c1.COc1ccc(OC)c(NCC=C(C)C)c1.COc1ccc(OC)c([N+](=O)[O-])c1.COc1ccc(OC)c2c1N(C)CCC2(C)C.COc1ccc(OC)c2c1NCCC2(C)C.COc1ccc(OC)cc1.CS(=O)(=O)O.CS(C)(=O)(O)OO.O=P(Cl)(Cl)Cl. The molecule has 10 rings (SSSR count). The van der Waals surface area contributed by atoms with Gasteiger partial charge in [-0.3, -0.25) is 24.0 Å². The van der Waals surface area contributed by atoms with Crippen LogP contribution in [0.3, 0.4) is 0 Å². The summed E-state index contributed by atoms with van der Waals surface area (Å²) in [5.74, 6) is 11.2. The highest BCUT2D eigenvalue weighted by Crippen LogP contribution is 2.61. The maximum absolute atomic E-state index is 11.3. The molecule has 0 saturated heterocycles. The van der Waals surface area contributed by atoms with Crippen LogP contribution in [0, 0.1) is 10.1 Å². The Kier molecular flexibility index (Phi) is 51.1. The predicted molar refractivity (Wildman–Crippen MR) is 508 cm³/mol. The average molecular weight is 1900 g/mol. The first-order chi connectivity index (χ1) is 58.1. The fraction of sp³-hybridized carbons (Fsp3) is 0.460. The van der Waals surface area contributed by atoms with Crippen molar-refractivity contribution in [3.63, 3.8) is 0 Å². The Morgan fingerprint density at radius 2 is 0.904 bits per heavy atom. The van der Waals surface area contributed by atoms with Gasteiger partial charge in [0.2, 0.25) is 0 Å². The molecule has 0 aromatic heterocycles. The van der Waals surface area contributed by atoms with Gasteiger partial charge in [-0.2, -0.15) is 8.42 Å². The van der Waals surface area contributed by atoms with E-state index in [0.29, 0.717) is 40.6 Å². The van der Waals surface area contributed by atoms with Gasteiger partial charge in [-0.25, -0.2) is 9.47 Å². The van der Waals surface area contributed by atoms with Gasteiger partial charge in [0.15, 0.2) is 12.0 Å². The number of methoxy groups -OCH3 is 14. The summed E-state index contributed by atoms with van der Waals surface area (Å²) in [6, 6.07) is 32.5. The third kappa shape index (κ3) is 42.2. The fourth-order valence-electron chi connectivity index (χ4n) is 11.7. The van der Waals surface area contributed by atoms with E-state index in [9.17, 15) is 32.1 Å². The third-order valence-electron chi connectivity index (χ3n) is 18.1. The first-order valence-corrected chi connectivity index (χ1v) is 47.7. The van der Waals surface area contributed by atoms with Crippen LogP contribution in [0.15, 0.2) is 132 Å². The van der Waals surface area contributed by atoms with Crippen LogP contribution >= 0.6 is 50.5 Å². The summed E-state index contributed by atoms with van der Waals surface area (Å²) in [7, 11) is 19.1. The highest BCUT2D eigenvalue weighted by atomic mass is 36.0. The lowest BCUT2D eigenvalue weighted by Crippen LogP contribution is -2.35. The van der Waals surface area contributed by atoms with Crippen molar-refractivity contribution >= 4 is 111 Å². The second-order valence-electron chi connectivity index (χ2n) is 29.9. The number of carbonyl (C=O) groups is 1. The number of benzene rings is 7. The minimum absolute atomic E-state index is 0.0422. The molecule has 0 atom stereocenters. The quantitative estimate of drug-likeness (QED) is 0.00448.